The smallest absolute Gasteiger partial charge is 0.321 e. The van der Waals surface area contributed by atoms with Gasteiger partial charge in [-0.2, -0.15) is 0 Å². The molecule has 0 aromatic rings. The van der Waals surface area contributed by atoms with Crippen LogP contribution in [0.4, 0.5) is 0 Å². The number of fused-ring (bicyclic) bond motifs is 2. The highest BCUT2D eigenvalue weighted by Crippen LogP contribution is 2.42. The number of hydrogen-bond donors (Lipinski definition) is 1. The van der Waals surface area contributed by atoms with Crippen molar-refractivity contribution in [2.75, 3.05) is 0 Å². The first-order valence-corrected chi connectivity index (χ1v) is 5.91. The minimum atomic E-state index is -0.652. The van der Waals surface area contributed by atoms with Gasteiger partial charge in [0.15, 0.2) is 0 Å². The second-order valence-electron chi connectivity index (χ2n) is 6.02. The fourth-order valence-electron chi connectivity index (χ4n) is 3.32. The maximum atomic E-state index is 11.4. The summed E-state index contributed by atoms with van der Waals surface area (Å²) >= 11 is 0. The van der Waals surface area contributed by atoms with Gasteiger partial charge in [-0.25, -0.2) is 0 Å². The van der Waals surface area contributed by atoms with Gasteiger partial charge in [-0.15, -0.1) is 0 Å². The molecule has 0 aliphatic carbocycles. The molecule has 0 spiro atoms. The van der Waals surface area contributed by atoms with Crippen molar-refractivity contribution in [3.05, 3.63) is 0 Å². The number of nitrogens with zero attached hydrogens (tertiary/aromatic N) is 1. The van der Waals surface area contributed by atoms with Gasteiger partial charge in [0, 0.05) is 12.1 Å². The molecule has 15 heavy (non-hydrogen) atoms. The van der Waals surface area contributed by atoms with Crippen LogP contribution < -0.4 is 0 Å². The molecular weight excluding hydrogens is 190 g/mol. The molecule has 3 nitrogen and oxygen atoms in total. The molecule has 0 radical (unpaired) electrons. The lowest BCUT2D eigenvalue weighted by Gasteiger charge is -2.37. The zero-order valence-corrected chi connectivity index (χ0v) is 9.86. The number of hydrogen-bond acceptors (Lipinski definition) is 2. The van der Waals surface area contributed by atoms with Gasteiger partial charge >= 0.3 is 5.97 Å². The Hall–Kier alpha value is -0.570. The van der Waals surface area contributed by atoms with E-state index in [4.69, 9.17) is 0 Å². The highest BCUT2D eigenvalue weighted by Gasteiger charge is 2.49. The van der Waals surface area contributed by atoms with Crippen LogP contribution >= 0.6 is 0 Å². The summed E-state index contributed by atoms with van der Waals surface area (Å²) in [6.45, 7) is 6.09. The number of carboxylic acids is 1. The van der Waals surface area contributed by atoms with E-state index in [0.29, 0.717) is 12.1 Å². The summed E-state index contributed by atoms with van der Waals surface area (Å²) in [6.07, 6.45) is 4.80. The van der Waals surface area contributed by atoms with Gasteiger partial charge in [-0.1, -0.05) is 20.8 Å². The summed E-state index contributed by atoms with van der Waals surface area (Å²) in [4.78, 5) is 13.7. The second-order valence-corrected chi connectivity index (χ2v) is 6.02. The monoisotopic (exact) mass is 211 g/mol. The van der Waals surface area contributed by atoms with Crippen LogP contribution in [0.15, 0.2) is 0 Å². The topological polar surface area (TPSA) is 40.5 Å². The van der Waals surface area contributed by atoms with Gasteiger partial charge < -0.3 is 5.11 Å². The number of carbonyl (C=O) groups is 1. The maximum Gasteiger partial charge on any atom is 0.321 e. The largest absolute Gasteiger partial charge is 0.480 e. The van der Waals surface area contributed by atoms with Crippen LogP contribution in [0.25, 0.3) is 0 Å². The van der Waals surface area contributed by atoms with Crippen LogP contribution in [0.5, 0.6) is 0 Å². The fourth-order valence-corrected chi connectivity index (χ4v) is 3.32. The molecule has 0 aromatic carbocycles. The van der Waals surface area contributed by atoms with Gasteiger partial charge in [0.25, 0.3) is 0 Å². The van der Waals surface area contributed by atoms with Crippen LogP contribution in [0.1, 0.15) is 46.5 Å². The van der Waals surface area contributed by atoms with Crippen LogP contribution in [-0.4, -0.2) is 34.1 Å². The SMILES string of the molecule is CC(C)(C)C(C(=O)O)N1C2CCC1CC2. The van der Waals surface area contributed by atoms with Gasteiger partial charge in [0.05, 0.1) is 0 Å². The Morgan fingerprint density at radius 3 is 1.87 bits per heavy atom. The third kappa shape index (κ3) is 1.78. The summed E-state index contributed by atoms with van der Waals surface area (Å²) in [7, 11) is 0. The number of aliphatic carboxylic acids is 1. The van der Waals surface area contributed by atoms with Crippen molar-refractivity contribution in [1.82, 2.24) is 4.90 Å². The molecule has 1 atom stereocenters. The number of rotatable bonds is 2. The summed E-state index contributed by atoms with van der Waals surface area (Å²) in [5, 5.41) is 9.39. The Labute approximate surface area is 91.5 Å². The van der Waals surface area contributed by atoms with Gasteiger partial charge in [-0.3, -0.25) is 9.69 Å². The van der Waals surface area contributed by atoms with Crippen molar-refractivity contribution in [2.45, 2.75) is 64.6 Å². The highest BCUT2D eigenvalue weighted by atomic mass is 16.4. The molecule has 86 valence electrons. The molecule has 2 fully saturated rings. The van der Waals surface area contributed by atoms with Crippen molar-refractivity contribution in [3.63, 3.8) is 0 Å². The van der Waals surface area contributed by atoms with Crippen molar-refractivity contribution < 1.29 is 9.90 Å². The third-order valence-corrected chi connectivity index (χ3v) is 3.86. The maximum absolute atomic E-state index is 11.4. The van der Waals surface area contributed by atoms with Gasteiger partial charge in [-0.05, 0) is 31.1 Å². The van der Waals surface area contributed by atoms with E-state index < -0.39 is 5.97 Å². The van der Waals surface area contributed by atoms with E-state index in [9.17, 15) is 9.90 Å². The van der Waals surface area contributed by atoms with E-state index in [1.165, 1.54) is 25.7 Å². The standard InChI is InChI=1S/C12H21NO2/c1-12(2,3)10(11(14)15)13-8-4-5-9(13)7-6-8/h8-10H,4-7H2,1-3H3,(H,14,15). The van der Waals surface area contributed by atoms with Crippen molar-refractivity contribution >= 4 is 5.97 Å². The van der Waals surface area contributed by atoms with Crippen molar-refractivity contribution in [1.29, 1.82) is 0 Å². The molecule has 3 heteroatoms. The zero-order chi connectivity index (χ0) is 11.2. The predicted octanol–water partition coefficient (Wildman–Crippen LogP) is 2.11. The van der Waals surface area contributed by atoms with Gasteiger partial charge in [0.1, 0.15) is 6.04 Å². The Morgan fingerprint density at radius 1 is 1.20 bits per heavy atom. The fraction of sp³-hybridized carbons (Fsp3) is 0.917. The molecule has 1 N–H and O–H groups in total. The van der Waals surface area contributed by atoms with E-state index in [-0.39, 0.29) is 11.5 Å². The minimum absolute atomic E-state index is 0.170. The molecule has 2 aliphatic rings. The molecule has 2 heterocycles. The molecule has 2 aliphatic heterocycles. The van der Waals surface area contributed by atoms with Gasteiger partial charge in [0.2, 0.25) is 0 Å². The van der Waals surface area contributed by atoms with Crippen LogP contribution in [0.2, 0.25) is 0 Å². The summed E-state index contributed by atoms with van der Waals surface area (Å²) < 4.78 is 0. The van der Waals surface area contributed by atoms with Crippen LogP contribution in [-0.2, 0) is 4.79 Å². The zero-order valence-electron chi connectivity index (χ0n) is 9.86. The highest BCUT2D eigenvalue weighted by molar-refractivity contribution is 5.74. The molecule has 0 saturated carbocycles. The lowest BCUT2D eigenvalue weighted by molar-refractivity contribution is -0.148. The van der Waals surface area contributed by atoms with Crippen molar-refractivity contribution in [2.24, 2.45) is 5.41 Å². The second kappa shape index (κ2) is 3.48. The summed E-state index contributed by atoms with van der Waals surface area (Å²) in [6, 6.07) is 0.767. The molecule has 1 unspecified atom stereocenters. The van der Waals surface area contributed by atoms with E-state index in [1.54, 1.807) is 0 Å². The van der Waals surface area contributed by atoms with E-state index in [2.05, 4.69) is 4.90 Å². The lowest BCUT2D eigenvalue weighted by Crippen LogP contribution is -2.51. The molecule has 2 saturated heterocycles. The van der Waals surface area contributed by atoms with E-state index >= 15 is 0 Å². The normalized spacial score (nSPS) is 33.3. The third-order valence-electron chi connectivity index (χ3n) is 3.86. The first-order valence-electron chi connectivity index (χ1n) is 5.91. The Balaban J connectivity index is 2.23. The average molecular weight is 211 g/mol. The molecule has 2 bridgehead atoms. The summed E-state index contributed by atoms with van der Waals surface area (Å²) in [5.41, 5.74) is -0.170. The lowest BCUT2D eigenvalue weighted by atomic mass is 9.85. The minimum Gasteiger partial charge on any atom is -0.480 e. The average Bonchev–Trinajstić information content (AvgIpc) is 2.62. The Bertz CT molecular complexity index is 249. The van der Waals surface area contributed by atoms with Crippen LogP contribution in [0.3, 0.4) is 0 Å². The molecular formula is C12H21NO2. The predicted molar refractivity (Wildman–Crippen MR) is 58.8 cm³/mol. The first-order chi connectivity index (χ1) is 6.91. The Morgan fingerprint density at radius 2 is 1.60 bits per heavy atom. The first kappa shape index (κ1) is 10.9. The number of carboxylic acid groups (broad SMARTS) is 1. The van der Waals surface area contributed by atoms with Crippen LogP contribution in [0, 0.1) is 5.41 Å². The van der Waals surface area contributed by atoms with Crippen molar-refractivity contribution in [3.8, 4) is 0 Å². The van der Waals surface area contributed by atoms with E-state index in [1.807, 2.05) is 20.8 Å². The summed E-state index contributed by atoms with van der Waals surface area (Å²) in [5.74, 6) is -0.652. The molecule has 0 amide bonds. The molecule has 0 aromatic heterocycles. The Kier molecular flexibility index (Phi) is 2.53. The quantitative estimate of drug-likeness (QED) is 0.760. The molecule has 2 rings (SSSR count). The van der Waals surface area contributed by atoms with E-state index in [0.717, 1.165) is 0 Å².